The number of benzene rings is 5. The summed E-state index contributed by atoms with van der Waals surface area (Å²) in [5, 5.41) is 0. The van der Waals surface area contributed by atoms with Crippen molar-refractivity contribution in [3.8, 4) is 33.4 Å². The van der Waals surface area contributed by atoms with E-state index >= 15 is 0 Å². The fourth-order valence-electron chi connectivity index (χ4n) is 8.88. The highest BCUT2D eigenvalue weighted by molar-refractivity contribution is 5.81. The number of nitrogens with zero attached hydrogens (tertiary/aromatic N) is 1. The predicted octanol–water partition coefficient (Wildman–Crippen LogP) is 13.2. The quantitative estimate of drug-likeness (QED) is 0.155. The maximum Gasteiger partial charge on any atom is 0.0976 e. The summed E-state index contributed by atoms with van der Waals surface area (Å²) in [7, 11) is 0. The van der Waals surface area contributed by atoms with Crippen molar-refractivity contribution < 1.29 is 0 Å². The summed E-state index contributed by atoms with van der Waals surface area (Å²) in [5.41, 5.74) is 11.8. The van der Waals surface area contributed by atoms with Crippen LogP contribution in [0.3, 0.4) is 0 Å². The molecule has 0 aliphatic heterocycles. The molecule has 1 saturated carbocycles. The number of hydrogen-bond donors (Lipinski definition) is 0. The first kappa shape index (κ1) is 31.2. The average molecular weight is 656 g/mol. The second kappa shape index (κ2) is 13.8. The molecular formula is C50H41N. The van der Waals surface area contributed by atoms with Crippen LogP contribution in [0.15, 0.2) is 182 Å². The maximum absolute atomic E-state index is 3.76. The molecule has 9 rings (SSSR count). The first-order valence-electron chi connectivity index (χ1n) is 18.5. The fraction of sp³-hybridized carbons (Fsp3) is 0.160. The van der Waals surface area contributed by atoms with E-state index in [1.165, 1.54) is 58.2 Å². The summed E-state index contributed by atoms with van der Waals surface area (Å²) in [6.07, 6.45) is 18.1. The van der Waals surface area contributed by atoms with E-state index in [9.17, 15) is 0 Å². The van der Waals surface area contributed by atoms with Crippen LogP contribution in [-0.4, -0.2) is 0 Å². The highest BCUT2D eigenvalue weighted by Gasteiger charge is 2.43. The van der Waals surface area contributed by atoms with E-state index in [1.807, 2.05) is 0 Å². The molecule has 0 aromatic heterocycles. The van der Waals surface area contributed by atoms with Crippen molar-refractivity contribution in [2.45, 2.75) is 25.2 Å². The Hall–Kier alpha value is -5.84. The normalized spacial score (nSPS) is 21.7. The summed E-state index contributed by atoms with van der Waals surface area (Å²) >= 11 is 0. The Morgan fingerprint density at radius 3 is 1.61 bits per heavy atom. The maximum atomic E-state index is 3.76. The summed E-state index contributed by atoms with van der Waals surface area (Å²) in [4.78, 5) is 2.36. The number of hydrogen-bond acceptors (Lipinski definition) is 1. The van der Waals surface area contributed by atoms with Crippen molar-refractivity contribution in [3.63, 3.8) is 0 Å². The minimum Gasteiger partial charge on any atom is -0.303 e. The topological polar surface area (TPSA) is 3.24 Å². The van der Waals surface area contributed by atoms with Crippen molar-refractivity contribution in [2.24, 2.45) is 23.7 Å². The molecule has 6 aromatic rings. The average Bonchev–Trinajstić information content (AvgIpc) is 3.22. The SMILES string of the molecule is c1c(N(c2ccc(-c3ccccc3)cc2)c2ccc(-c3ccccc3)cc2)cc(C2CC3CCC=CC3[C@@H]3C=CC=CC23)c(-c2ccccc2)c#1. The van der Waals surface area contributed by atoms with Crippen LogP contribution in [-0.2, 0) is 0 Å². The highest BCUT2D eigenvalue weighted by atomic mass is 15.1. The van der Waals surface area contributed by atoms with Crippen LogP contribution in [0.25, 0.3) is 33.4 Å². The van der Waals surface area contributed by atoms with Crippen LogP contribution in [0.4, 0.5) is 17.1 Å². The monoisotopic (exact) mass is 655 g/mol. The van der Waals surface area contributed by atoms with Gasteiger partial charge in [-0.1, -0.05) is 158 Å². The number of allylic oxidation sites excluding steroid dienone is 6. The zero-order valence-corrected chi connectivity index (χ0v) is 28.8. The molecule has 0 bridgehead atoms. The summed E-state index contributed by atoms with van der Waals surface area (Å²) in [6.45, 7) is 0. The second-order valence-corrected chi connectivity index (χ2v) is 14.2. The molecule has 1 heteroatoms. The molecule has 0 spiro atoms. The van der Waals surface area contributed by atoms with E-state index in [-0.39, 0.29) is 0 Å². The Morgan fingerprint density at radius 2 is 1.02 bits per heavy atom. The molecule has 0 N–H and O–H groups in total. The van der Waals surface area contributed by atoms with Crippen LogP contribution in [0.2, 0.25) is 0 Å². The molecule has 3 aliphatic rings. The van der Waals surface area contributed by atoms with Crippen molar-refractivity contribution in [3.05, 3.63) is 200 Å². The van der Waals surface area contributed by atoms with E-state index in [1.54, 1.807) is 0 Å². The van der Waals surface area contributed by atoms with E-state index in [0.717, 1.165) is 17.1 Å². The first-order chi connectivity index (χ1) is 25.3. The minimum absolute atomic E-state index is 0.381. The molecular weight excluding hydrogens is 615 g/mol. The van der Waals surface area contributed by atoms with Crippen molar-refractivity contribution in [1.29, 1.82) is 0 Å². The zero-order chi connectivity index (χ0) is 34.0. The van der Waals surface area contributed by atoms with Crippen LogP contribution in [0.5, 0.6) is 0 Å². The number of anilines is 3. The van der Waals surface area contributed by atoms with Crippen molar-refractivity contribution in [2.75, 3.05) is 4.90 Å². The van der Waals surface area contributed by atoms with Gasteiger partial charge in [-0.25, -0.2) is 0 Å². The Balaban J connectivity index is 1.18. The lowest BCUT2D eigenvalue weighted by atomic mass is 9.57. The van der Waals surface area contributed by atoms with Crippen molar-refractivity contribution in [1.82, 2.24) is 0 Å². The van der Waals surface area contributed by atoms with Gasteiger partial charge in [-0.05, 0) is 119 Å². The molecule has 0 amide bonds. The number of fused-ring (bicyclic) bond motifs is 3. The van der Waals surface area contributed by atoms with Gasteiger partial charge >= 0.3 is 0 Å². The van der Waals surface area contributed by atoms with Crippen LogP contribution in [0.1, 0.15) is 30.7 Å². The van der Waals surface area contributed by atoms with Gasteiger partial charge < -0.3 is 4.90 Å². The van der Waals surface area contributed by atoms with E-state index < -0.39 is 0 Å². The standard InChI is InChI=1S/C50H41N/c1-4-14-36(15-5-1)38-24-28-42(29-25-38)51(43-30-26-39(27-31-43)37-16-6-2-7-17-37)44-32-33-46(40-18-8-3-9-19-40)50(35-44)49-34-41-20-10-11-21-45(41)47-22-12-13-23-48(47)49/h1-9,11-19,21-31,35,41,45,47-49H,10,20,34H2/t41?,45?,47-,48?,49?/m0/s1. The highest BCUT2D eigenvalue weighted by Crippen LogP contribution is 2.54. The van der Waals surface area contributed by atoms with Gasteiger partial charge in [-0.15, -0.1) is 0 Å². The van der Waals surface area contributed by atoms with Gasteiger partial charge in [0.15, 0.2) is 0 Å². The van der Waals surface area contributed by atoms with Gasteiger partial charge in [0.2, 0.25) is 0 Å². The summed E-state index contributed by atoms with van der Waals surface area (Å²) in [6, 6.07) is 59.9. The van der Waals surface area contributed by atoms with Gasteiger partial charge in [0.05, 0.1) is 5.69 Å². The van der Waals surface area contributed by atoms with Crippen molar-refractivity contribution >= 4 is 17.1 Å². The molecule has 3 aliphatic carbocycles. The molecule has 0 heterocycles. The molecule has 0 saturated heterocycles. The third kappa shape index (κ3) is 6.13. The van der Waals surface area contributed by atoms with E-state index in [2.05, 4.69) is 199 Å². The lowest BCUT2D eigenvalue weighted by Crippen LogP contribution is -2.38. The molecule has 4 unspecified atom stereocenters. The zero-order valence-electron chi connectivity index (χ0n) is 28.8. The third-order valence-electron chi connectivity index (χ3n) is 11.4. The Labute approximate surface area is 302 Å². The lowest BCUT2D eigenvalue weighted by molar-refractivity contribution is 0.144. The molecule has 6 aromatic carbocycles. The fourth-order valence-corrected chi connectivity index (χ4v) is 8.88. The van der Waals surface area contributed by atoms with Gasteiger partial charge in [0, 0.05) is 16.9 Å². The Kier molecular flexibility index (Phi) is 8.44. The van der Waals surface area contributed by atoms with E-state index in [0.29, 0.717) is 29.6 Å². The summed E-state index contributed by atoms with van der Waals surface area (Å²) in [5.74, 6) is 2.63. The second-order valence-electron chi connectivity index (χ2n) is 14.2. The minimum atomic E-state index is 0.381. The summed E-state index contributed by atoms with van der Waals surface area (Å²) < 4.78 is 0. The predicted molar refractivity (Wildman–Crippen MR) is 213 cm³/mol. The van der Waals surface area contributed by atoms with Gasteiger partial charge in [-0.2, -0.15) is 0 Å². The molecule has 0 radical (unpaired) electrons. The Bertz CT molecular complexity index is 2090. The van der Waals surface area contributed by atoms with Gasteiger partial charge in [0.1, 0.15) is 0 Å². The van der Waals surface area contributed by atoms with E-state index in [4.69, 9.17) is 0 Å². The molecule has 246 valence electrons. The smallest absolute Gasteiger partial charge is 0.0976 e. The van der Waals surface area contributed by atoms with Crippen LogP contribution < -0.4 is 4.90 Å². The third-order valence-corrected chi connectivity index (χ3v) is 11.4. The Morgan fingerprint density at radius 1 is 0.490 bits per heavy atom. The molecule has 1 fully saturated rings. The van der Waals surface area contributed by atoms with Gasteiger partial charge in [-0.3, -0.25) is 0 Å². The first-order valence-corrected chi connectivity index (χ1v) is 18.5. The molecule has 5 atom stereocenters. The van der Waals surface area contributed by atoms with Gasteiger partial charge in [0.25, 0.3) is 0 Å². The van der Waals surface area contributed by atoms with Crippen LogP contribution >= 0.6 is 0 Å². The molecule has 51 heavy (non-hydrogen) atoms. The number of rotatable bonds is 7. The molecule has 1 nitrogen and oxygen atoms in total. The van der Waals surface area contributed by atoms with Crippen LogP contribution in [0, 0.1) is 35.8 Å². The lowest BCUT2D eigenvalue weighted by Gasteiger charge is -2.47. The largest absolute Gasteiger partial charge is 0.303 e.